The fourth-order valence-electron chi connectivity index (χ4n) is 2.35. The lowest BCUT2D eigenvalue weighted by atomic mass is 10.1. The first-order valence-electron chi connectivity index (χ1n) is 7.93. The number of benzene rings is 2. The van der Waals surface area contributed by atoms with Gasteiger partial charge in [0.25, 0.3) is 0 Å². The normalized spacial score (nSPS) is 10.5. The number of anilines is 1. The first kappa shape index (κ1) is 16.7. The molecule has 1 aromatic heterocycles. The van der Waals surface area contributed by atoms with Crippen molar-refractivity contribution in [2.24, 2.45) is 0 Å². The summed E-state index contributed by atoms with van der Waals surface area (Å²) in [5.41, 5.74) is 3.10. The van der Waals surface area contributed by atoms with Crippen molar-refractivity contribution in [3.63, 3.8) is 0 Å². The van der Waals surface area contributed by atoms with Crippen molar-refractivity contribution in [1.82, 2.24) is 10.2 Å². The maximum atomic E-state index is 12.1. The van der Waals surface area contributed by atoms with Gasteiger partial charge in [0.15, 0.2) is 0 Å². The molecular weight excluding hydrogens is 318 g/mol. The zero-order valence-electron chi connectivity index (χ0n) is 14.2. The van der Waals surface area contributed by atoms with Crippen LogP contribution in [0, 0.1) is 6.92 Å². The van der Waals surface area contributed by atoms with E-state index < -0.39 is 0 Å². The Morgan fingerprint density at radius 3 is 2.40 bits per heavy atom. The van der Waals surface area contributed by atoms with E-state index in [4.69, 9.17) is 9.15 Å². The number of ether oxygens (including phenoxy) is 1. The molecule has 0 atom stereocenters. The first-order valence-corrected chi connectivity index (χ1v) is 7.93. The standard InChI is InChI=1S/C19H19N3O3/c1-13-3-5-14(6-4-13)11-17(23)20-19-22-21-18(25-19)12-15-7-9-16(24-2)10-8-15/h3-10H,11-12H2,1-2H3,(H,20,22,23). The number of hydrogen-bond donors (Lipinski definition) is 1. The van der Waals surface area contributed by atoms with Crippen LogP contribution in [0.3, 0.4) is 0 Å². The summed E-state index contributed by atoms with van der Waals surface area (Å²) >= 11 is 0. The smallest absolute Gasteiger partial charge is 0.322 e. The molecule has 0 aliphatic carbocycles. The SMILES string of the molecule is COc1ccc(Cc2nnc(NC(=O)Cc3ccc(C)cc3)o2)cc1. The van der Waals surface area contributed by atoms with E-state index in [1.165, 1.54) is 0 Å². The van der Waals surface area contributed by atoms with Gasteiger partial charge in [-0.05, 0) is 30.2 Å². The van der Waals surface area contributed by atoms with Crippen molar-refractivity contribution >= 4 is 11.9 Å². The molecule has 3 aromatic rings. The Labute approximate surface area is 145 Å². The van der Waals surface area contributed by atoms with Crippen LogP contribution in [0.4, 0.5) is 6.01 Å². The van der Waals surface area contributed by atoms with E-state index in [2.05, 4.69) is 15.5 Å². The molecule has 0 aliphatic heterocycles. The van der Waals surface area contributed by atoms with Gasteiger partial charge in [0.05, 0.1) is 20.0 Å². The van der Waals surface area contributed by atoms with Crippen molar-refractivity contribution in [1.29, 1.82) is 0 Å². The molecule has 1 amide bonds. The number of methoxy groups -OCH3 is 1. The van der Waals surface area contributed by atoms with E-state index in [1.807, 2.05) is 55.5 Å². The van der Waals surface area contributed by atoms with Gasteiger partial charge < -0.3 is 9.15 Å². The third-order valence-electron chi connectivity index (χ3n) is 3.71. The molecule has 1 N–H and O–H groups in total. The van der Waals surface area contributed by atoms with Gasteiger partial charge in [-0.15, -0.1) is 5.10 Å². The van der Waals surface area contributed by atoms with Crippen LogP contribution < -0.4 is 10.1 Å². The molecule has 0 saturated carbocycles. The number of amides is 1. The summed E-state index contributed by atoms with van der Waals surface area (Å²) in [7, 11) is 1.62. The first-order chi connectivity index (χ1) is 12.1. The van der Waals surface area contributed by atoms with Gasteiger partial charge >= 0.3 is 6.01 Å². The van der Waals surface area contributed by atoms with E-state index in [-0.39, 0.29) is 18.3 Å². The van der Waals surface area contributed by atoms with Crippen LogP contribution in [0.15, 0.2) is 52.9 Å². The van der Waals surface area contributed by atoms with Gasteiger partial charge in [-0.3, -0.25) is 10.1 Å². The molecular formula is C19H19N3O3. The molecule has 0 bridgehead atoms. The topological polar surface area (TPSA) is 77.3 Å². The lowest BCUT2D eigenvalue weighted by Crippen LogP contribution is -2.14. The Morgan fingerprint density at radius 1 is 1.04 bits per heavy atom. The highest BCUT2D eigenvalue weighted by atomic mass is 16.5. The lowest BCUT2D eigenvalue weighted by Gasteiger charge is -2.02. The summed E-state index contributed by atoms with van der Waals surface area (Å²) < 4.78 is 10.6. The van der Waals surface area contributed by atoms with Crippen molar-refractivity contribution in [2.45, 2.75) is 19.8 Å². The highest BCUT2D eigenvalue weighted by Gasteiger charge is 2.11. The van der Waals surface area contributed by atoms with Crippen LogP contribution in [0.1, 0.15) is 22.6 Å². The highest BCUT2D eigenvalue weighted by molar-refractivity contribution is 5.90. The third-order valence-corrected chi connectivity index (χ3v) is 3.71. The summed E-state index contributed by atoms with van der Waals surface area (Å²) in [6.07, 6.45) is 0.751. The molecule has 0 radical (unpaired) electrons. The number of rotatable bonds is 6. The molecule has 6 nitrogen and oxygen atoms in total. The maximum absolute atomic E-state index is 12.1. The zero-order chi connectivity index (χ0) is 17.6. The second-order valence-electron chi connectivity index (χ2n) is 5.74. The van der Waals surface area contributed by atoms with Crippen LogP contribution in [0.2, 0.25) is 0 Å². The minimum Gasteiger partial charge on any atom is -0.497 e. The van der Waals surface area contributed by atoms with Gasteiger partial charge in [-0.2, -0.15) is 0 Å². The predicted molar refractivity (Wildman–Crippen MR) is 93.6 cm³/mol. The number of hydrogen-bond acceptors (Lipinski definition) is 5. The zero-order valence-corrected chi connectivity index (χ0v) is 14.2. The molecule has 0 aliphatic rings. The van der Waals surface area contributed by atoms with Crippen LogP contribution in [0.5, 0.6) is 5.75 Å². The number of aryl methyl sites for hydroxylation is 1. The average molecular weight is 337 g/mol. The maximum Gasteiger partial charge on any atom is 0.322 e. The van der Waals surface area contributed by atoms with E-state index in [0.29, 0.717) is 12.3 Å². The summed E-state index contributed by atoms with van der Waals surface area (Å²) in [5.74, 6) is 1.04. The van der Waals surface area contributed by atoms with E-state index >= 15 is 0 Å². The summed E-state index contributed by atoms with van der Waals surface area (Å²) in [4.78, 5) is 12.1. The van der Waals surface area contributed by atoms with Crippen molar-refractivity contribution < 1.29 is 13.9 Å². The Hall–Kier alpha value is -3.15. The number of nitrogens with zero attached hydrogens (tertiary/aromatic N) is 2. The molecule has 1 heterocycles. The molecule has 0 saturated heterocycles. The minimum absolute atomic E-state index is 0.112. The molecule has 0 fully saturated rings. The summed E-state index contributed by atoms with van der Waals surface area (Å²) in [6, 6.07) is 15.5. The molecule has 0 unspecified atom stereocenters. The van der Waals surface area contributed by atoms with Gasteiger partial charge in [-0.25, -0.2) is 0 Å². The Kier molecular flexibility index (Phi) is 5.09. The van der Waals surface area contributed by atoms with E-state index in [9.17, 15) is 4.79 Å². The van der Waals surface area contributed by atoms with Gasteiger partial charge in [0.2, 0.25) is 11.8 Å². The molecule has 6 heteroatoms. The minimum atomic E-state index is -0.191. The summed E-state index contributed by atoms with van der Waals surface area (Å²) in [5, 5.41) is 10.5. The van der Waals surface area contributed by atoms with Crippen molar-refractivity contribution in [2.75, 3.05) is 12.4 Å². The van der Waals surface area contributed by atoms with Crippen LogP contribution in [-0.2, 0) is 17.6 Å². The van der Waals surface area contributed by atoms with Crippen LogP contribution in [0.25, 0.3) is 0 Å². The van der Waals surface area contributed by atoms with Crippen LogP contribution in [-0.4, -0.2) is 23.2 Å². The third kappa shape index (κ3) is 4.67. The molecule has 128 valence electrons. The molecule has 2 aromatic carbocycles. The quantitative estimate of drug-likeness (QED) is 0.747. The predicted octanol–water partition coefficient (Wildman–Crippen LogP) is 3.16. The Bertz CT molecular complexity index is 839. The number of nitrogens with one attached hydrogen (secondary N) is 1. The lowest BCUT2D eigenvalue weighted by molar-refractivity contribution is -0.115. The fourth-order valence-corrected chi connectivity index (χ4v) is 2.35. The van der Waals surface area contributed by atoms with E-state index in [0.717, 1.165) is 22.4 Å². The fraction of sp³-hybridized carbons (Fsp3) is 0.211. The highest BCUT2D eigenvalue weighted by Crippen LogP contribution is 2.15. The number of aromatic nitrogens is 2. The van der Waals surface area contributed by atoms with Crippen molar-refractivity contribution in [3.8, 4) is 5.75 Å². The average Bonchev–Trinajstić information content (AvgIpc) is 3.04. The number of carbonyl (C=O) groups excluding carboxylic acids is 1. The molecule has 25 heavy (non-hydrogen) atoms. The van der Waals surface area contributed by atoms with Gasteiger partial charge in [0, 0.05) is 0 Å². The Morgan fingerprint density at radius 2 is 1.72 bits per heavy atom. The van der Waals surface area contributed by atoms with Gasteiger partial charge in [-0.1, -0.05) is 47.1 Å². The van der Waals surface area contributed by atoms with Crippen molar-refractivity contribution in [3.05, 3.63) is 71.1 Å². The molecule has 0 spiro atoms. The second-order valence-corrected chi connectivity index (χ2v) is 5.74. The largest absolute Gasteiger partial charge is 0.497 e. The monoisotopic (exact) mass is 337 g/mol. The second kappa shape index (κ2) is 7.61. The van der Waals surface area contributed by atoms with Gasteiger partial charge in [0.1, 0.15) is 5.75 Å². The Balaban J connectivity index is 1.57. The molecule has 3 rings (SSSR count). The van der Waals surface area contributed by atoms with E-state index in [1.54, 1.807) is 7.11 Å². The summed E-state index contributed by atoms with van der Waals surface area (Å²) in [6.45, 7) is 2.01. The van der Waals surface area contributed by atoms with Crippen LogP contribution >= 0.6 is 0 Å². The number of carbonyl (C=O) groups is 1.